The molecule has 158 valence electrons. The van der Waals surface area contributed by atoms with Gasteiger partial charge in [-0.05, 0) is 68.3 Å². The molecule has 1 unspecified atom stereocenters. The highest BCUT2D eigenvalue weighted by Gasteiger charge is 2.15. The van der Waals surface area contributed by atoms with Crippen molar-refractivity contribution < 1.29 is 14.3 Å². The van der Waals surface area contributed by atoms with Crippen LogP contribution in [0.5, 0.6) is 17.2 Å². The van der Waals surface area contributed by atoms with Crippen LogP contribution in [0.25, 0.3) is 0 Å². The second kappa shape index (κ2) is 9.68. The summed E-state index contributed by atoms with van der Waals surface area (Å²) < 4.78 is 11.2. The molecule has 0 bridgehead atoms. The lowest BCUT2D eigenvalue weighted by Crippen LogP contribution is -2.32. The Balaban J connectivity index is 1.64. The van der Waals surface area contributed by atoms with Gasteiger partial charge in [0, 0.05) is 17.4 Å². The fourth-order valence-electron chi connectivity index (χ4n) is 3.13. The molecule has 0 radical (unpaired) electrons. The average molecular weight is 415 g/mol. The molecule has 0 saturated carbocycles. The predicted molar refractivity (Wildman–Crippen MR) is 122 cm³/mol. The van der Waals surface area contributed by atoms with E-state index in [1.165, 1.54) is 7.11 Å². The smallest absolute Gasteiger partial charge is 0.246 e. The Morgan fingerprint density at radius 3 is 2.29 bits per heavy atom. The van der Waals surface area contributed by atoms with E-state index in [-0.39, 0.29) is 5.91 Å². The minimum atomic E-state index is -0.426. The van der Waals surface area contributed by atoms with Crippen LogP contribution in [0.1, 0.15) is 23.6 Å². The highest BCUT2D eigenvalue weighted by Crippen LogP contribution is 2.32. The summed E-state index contributed by atoms with van der Waals surface area (Å²) in [7, 11) is 1.53. The lowest BCUT2D eigenvalue weighted by molar-refractivity contribution is -0.116. The van der Waals surface area contributed by atoms with Gasteiger partial charge in [-0.25, -0.2) is 0 Å². The summed E-state index contributed by atoms with van der Waals surface area (Å²) in [4.78, 5) is 12.6. The van der Waals surface area contributed by atoms with Crippen molar-refractivity contribution >= 4 is 17.3 Å². The molecule has 3 aromatic carbocycles. The van der Waals surface area contributed by atoms with Gasteiger partial charge in [-0.3, -0.25) is 4.79 Å². The van der Waals surface area contributed by atoms with E-state index in [1.54, 1.807) is 30.3 Å². The van der Waals surface area contributed by atoms with Gasteiger partial charge in [-0.1, -0.05) is 18.2 Å². The molecule has 0 aliphatic rings. The molecular formula is C25H25N3O3. The van der Waals surface area contributed by atoms with Crippen LogP contribution in [0.2, 0.25) is 0 Å². The van der Waals surface area contributed by atoms with E-state index < -0.39 is 6.04 Å². The van der Waals surface area contributed by atoms with Gasteiger partial charge < -0.3 is 20.1 Å². The van der Waals surface area contributed by atoms with Crippen molar-refractivity contribution in [3.05, 3.63) is 77.4 Å². The first-order valence-electron chi connectivity index (χ1n) is 9.91. The summed E-state index contributed by atoms with van der Waals surface area (Å²) in [5.74, 6) is 1.50. The maximum Gasteiger partial charge on any atom is 0.246 e. The molecule has 0 aromatic heterocycles. The summed E-state index contributed by atoms with van der Waals surface area (Å²) in [6.07, 6.45) is 0. The van der Waals surface area contributed by atoms with Gasteiger partial charge >= 0.3 is 0 Å². The highest BCUT2D eigenvalue weighted by molar-refractivity contribution is 5.97. The van der Waals surface area contributed by atoms with Crippen molar-refractivity contribution in [3.8, 4) is 23.3 Å². The summed E-state index contributed by atoms with van der Waals surface area (Å²) in [5, 5.41) is 15.2. The molecule has 31 heavy (non-hydrogen) atoms. The number of hydrogen-bond donors (Lipinski definition) is 2. The number of carbonyl (C=O) groups is 1. The lowest BCUT2D eigenvalue weighted by Gasteiger charge is -2.18. The van der Waals surface area contributed by atoms with E-state index in [0.717, 1.165) is 22.5 Å². The third kappa shape index (κ3) is 5.34. The van der Waals surface area contributed by atoms with Crippen molar-refractivity contribution in [3.63, 3.8) is 0 Å². The summed E-state index contributed by atoms with van der Waals surface area (Å²) >= 11 is 0. The molecule has 1 amide bonds. The van der Waals surface area contributed by atoms with Gasteiger partial charge in [0.25, 0.3) is 0 Å². The number of ether oxygens (including phenoxy) is 2. The van der Waals surface area contributed by atoms with E-state index in [2.05, 4.69) is 16.7 Å². The maximum absolute atomic E-state index is 12.6. The zero-order valence-corrected chi connectivity index (χ0v) is 18.0. The topological polar surface area (TPSA) is 83.4 Å². The number of benzene rings is 3. The first kappa shape index (κ1) is 21.7. The molecule has 0 heterocycles. The number of carbonyl (C=O) groups excluding carboxylic acids is 1. The molecule has 0 aliphatic heterocycles. The summed E-state index contributed by atoms with van der Waals surface area (Å²) in [6.45, 7) is 5.76. The number of hydrogen-bond acceptors (Lipinski definition) is 5. The Morgan fingerprint density at radius 1 is 1.00 bits per heavy atom. The lowest BCUT2D eigenvalue weighted by atomic mass is 10.1. The summed E-state index contributed by atoms with van der Waals surface area (Å²) in [6, 6.07) is 19.8. The fourth-order valence-corrected chi connectivity index (χ4v) is 3.13. The molecule has 6 nitrogen and oxygen atoms in total. The molecule has 0 fully saturated rings. The van der Waals surface area contributed by atoms with E-state index in [4.69, 9.17) is 14.7 Å². The zero-order valence-electron chi connectivity index (χ0n) is 18.0. The Morgan fingerprint density at radius 2 is 1.68 bits per heavy atom. The molecule has 6 heteroatoms. The monoisotopic (exact) mass is 415 g/mol. The standard InChI is InChI=1S/C25H25N3O3/c1-16-6-5-7-17(2)24(16)28-25(29)18(3)27-20-9-11-21(12-10-20)31-22-13-8-19(15-26)14-23(22)30-4/h5-14,18,27H,1-4H3,(H,28,29). The Bertz CT molecular complexity index is 1100. The Kier molecular flexibility index (Phi) is 6.78. The molecule has 3 rings (SSSR count). The van der Waals surface area contributed by atoms with Gasteiger partial charge in [-0.15, -0.1) is 0 Å². The first-order chi connectivity index (χ1) is 14.9. The largest absolute Gasteiger partial charge is 0.493 e. The number of nitrogens with one attached hydrogen (secondary N) is 2. The SMILES string of the molecule is COc1cc(C#N)ccc1Oc1ccc(NC(C)C(=O)Nc2c(C)cccc2C)cc1. The number of nitrogens with zero attached hydrogens (tertiary/aromatic N) is 1. The van der Waals surface area contributed by atoms with Crippen molar-refractivity contribution in [2.45, 2.75) is 26.8 Å². The minimum Gasteiger partial charge on any atom is -0.493 e. The minimum absolute atomic E-state index is 0.111. The van der Waals surface area contributed by atoms with Crippen molar-refractivity contribution in [2.24, 2.45) is 0 Å². The molecule has 3 aromatic rings. The molecule has 0 saturated heterocycles. The van der Waals surface area contributed by atoms with Crippen LogP contribution in [-0.2, 0) is 4.79 Å². The van der Waals surface area contributed by atoms with Gasteiger partial charge in [0.2, 0.25) is 5.91 Å². The normalized spacial score (nSPS) is 11.2. The quantitative estimate of drug-likeness (QED) is 0.539. The Hall–Kier alpha value is -3.98. The van der Waals surface area contributed by atoms with Gasteiger partial charge in [0.1, 0.15) is 11.8 Å². The van der Waals surface area contributed by atoms with Gasteiger partial charge in [-0.2, -0.15) is 5.26 Å². The second-order valence-electron chi connectivity index (χ2n) is 7.23. The predicted octanol–water partition coefficient (Wildman–Crippen LogP) is 5.42. The van der Waals surface area contributed by atoms with Crippen LogP contribution in [0, 0.1) is 25.2 Å². The number of methoxy groups -OCH3 is 1. The van der Waals surface area contributed by atoms with Crippen LogP contribution < -0.4 is 20.1 Å². The zero-order chi connectivity index (χ0) is 22.4. The molecule has 2 N–H and O–H groups in total. The number of aryl methyl sites for hydroxylation is 2. The molecule has 0 aliphatic carbocycles. The van der Waals surface area contributed by atoms with Crippen LogP contribution >= 0.6 is 0 Å². The van der Waals surface area contributed by atoms with Crippen LogP contribution in [0.15, 0.2) is 60.7 Å². The molecule has 1 atom stereocenters. The van der Waals surface area contributed by atoms with E-state index >= 15 is 0 Å². The number of amides is 1. The summed E-state index contributed by atoms with van der Waals surface area (Å²) in [5.41, 5.74) is 4.20. The van der Waals surface area contributed by atoms with Crippen LogP contribution in [0.4, 0.5) is 11.4 Å². The number of para-hydroxylation sites is 1. The van der Waals surface area contributed by atoms with Crippen molar-refractivity contribution in [2.75, 3.05) is 17.7 Å². The van der Waals surface area contributed by atoms with E-state index in [9.17, 15) is 4.79 Å². The first-order valence-corrected chi connectivity index (χ1v) is 9.91. The number of nitriles is 1. The van der Waals surface area contributed by atoms with Crippen molar-refractivity contribution in [1.29, 1.82) is 5.26 Å². The average Bonchev–Trinajstić information content (AvgIpc) is 2.77. The third-order valence-corrected chi connectivity index (χ3v) is 4.88. The van der Waals surface area contributed by atoms with Crippen LogP contribution in [0.3, 0.4) is 0 Å². The Labute approximate surface area is 182 Å². The van der Waals surface area contributed by atoms with Crippen molar-refractivity contribution in [1.82, 2.24) is 0 Å². The molecule has 0 spiro atoms. The van der Waals surface area contributed by atoms with Crippen LogP contribution in [-0.4, -0.2) is 19.1 Å². The maximum atomic E-state index is 12.6. The molecular weight excluding hydrogens is 390 g/mol. The second-order valence-corrected chi connectivity index (χ2v) is 7.23. The number of rotatable bonds is 7. The fraction of sp³-hybridized carbons (Fsp3) is 0.200. The third-order valence-electron chi connectivity index (χ3n) is 4.88. The van der Waals surface area contributed by atoms with Gasteiger partial charge in [0.05, 0.1) is 18.7 Å². The van der Waals surface area contributed by atoms with E-state index in [1.807, 2.05) is 51.1 Å². The number of anilines is 2. The van der Waals surface area contributed by atoms with E-state index in [0.29, 0.717) is 22.8 Å². The van der Waals surface area contributed by atoms with Gasteiger partial charge in [0.15, 0.2) is 11.5 Å². The highest BCUT2D eigenvalue weighted by atomic mass is 16.5.